The summed E-state index contributed by atoms with van der Waals surface area (Å²) < 4.78 is 17.4. The van der Waals surface area contributed by atoms with E-state index in [9.17, 15) is 14.3 Å². The van der Waals surface area contributed by atoms with Gasteiger partial charge in [-0.3, -0.25) is 4.79 Å². The first-order valence-electron chi connectivity index (χ1n) is 4.71. The molecule has 0 fully saturated rings. The van der Waals surface area contributed by atoms with Crippen LogP contribution in [0.2, 0.25) is 0 Å². The van der Waals surface area contributed by atoms with Crippen LogP contribution in [0, 0.1) is 5.95 Å². The highest BCUT2D eigenvalue weighted by atomic mass is 19.1. The Labute approximate surface area is 92.3 Å². The Morgan fingerprint density at radius 3 is 3.06 bits per heavy atom. The number of methoxy groups -OCH3 is 1. The van der Waals surface area contributed by atoms with E-state index in [-0.39, 0.29) is 18.8 Å². The average Bonchev–Trinajstić information content (AvgIpc) is 2.26. The number of ether oxygens (including phenoxy) is 1. The van der Waals surface area contributed by atoms with Gasteiger partial charge in [0.2, 0.25) is 5.95 Å². The molecule has 0 aliphatic heterocycles. The van der Waals surface area contributed by atoms with Crippen LogP contribution >= 0.6 is 0 Å². The van der Waals surface area contributed by atoms with E-state index in [1.165, 1.54) is 19.2 Å². The number of rotatable bonds is 5. The fraction of sp³-hybridized carbons (Fsp3) is 0.400. The van der Waals surface area contributed by atoms with E-state index >= 15 is 0 Å². The fourth-order valence-corrected chi connectivity index (χ4v) is 1.09. The molecule has 1 amide bonds. The van der Waals surface area contributed by atoms with Gasteiger partial charge in [-0.25, -0.2) is 4.98 Å². The second-order valence-corrected chi connectivity index (χ2v) is 3.16. The van der Waals surface area contributed by atoms with Gasteiger partial charge in [-0.05, 0) is 12.1 Å². The Balaban J connectivity index is 2.47. The monoisotopic (exact) mass is 228 g/mol. The Hall–Kier alpha value is -1.53. The van der Waals surface area contributed by atoms with Gasteiger partial charge >= 0.3 is 0 Å². The highest BCUT2D eigenvalue weighted by Crippen LogP contribution is 1.97. The van der Waals surface area contributed by atoms with E-state index in [0.29, 0.717) is 0 Å². The second kappa shape index (κ2) is 6.14. The molecular weight excluding hydrogens is 215 g/mol. The van der Waals surface area contributed by atoms with Gasteiger partial charge < -0.3 is 15.2 Å². The van der Waals surface area contributed by atoms with Gasteiger partial charge in [-0.15, -0.1) is 0 Å². The summed E-state index contributed by atoms with van der Waals surface area (Å²) in [6.07, 6.45) is -0.789. The van der Waals surface area contributed by atoms with Crippen LogP contribution in [0.5, 0.6) is 0 Å². The van der Waals surface area contributed by atoms with Crippen LogP contribution in [0.3, 0.4) is 0 Å². The molecule has 1 atom stereocenters. The zero-order chi connectivity index (χ0) is 12.0. The number of aliphatic hydroxyl groups is 1. The van der Waals surface area contributed by atoms with Crippen molar-refractivity contribution in [3.05, 3.63) is 29.8 Å². The molecule has 5 nitrogen and oxygen atoms in total. The van der Waals surface area contributed by atoms with E-state index in [2.05, 4.69) is 15.0 Å². The molecule has 0 saturated carbocycles. The van der Waals surface area contributed by atoms with E-state index in [1.54, 1.807) is 0 Å². The summed E-state index contributed by atoms with van der Waals surface area (Å²) in [5, 5.41) is 11.7. The minimum Gasteiger partial charge on any atom is -0.389 e. The molecule has 1 rings (SSSR count). The molecule has 6 heteroatoms. The lowest BCUT2D eigenvalue weighted by Gasteiger charge is -2.10. The number of carbonyl (C=O) groups is 1. The van der Waals surface area contributed by atoms with Gasteiger partial charge in [0.15, 0.2) is 0 Å². The van der Waals surface area contributed by atoms with Crippen molar-refractivity contribution in [3.8, 4) is 0 Å². The second-order valence-electron chi connectivity index (χ2n) is 3.16. The lowest BCUT2D eigenvalue weighted by Crippen LogP contribution is -2.34. The van der Waals surface area contributed by atoms with Crippen LogP contribution in [-0.2, 0) is 4.74 Å². The predicted octanol–water partition coefficient (Wildman–Crippen LogP) is -0.0422. The molecule has 0 spiro atoms. The fourth-order valence-electron chi connectivity index (χ4n) is 1.09. The van der Waals surface area contributed by atoms with Crippen LogP contribution in [0.15, 0.2) is 18.2 Å². The molecule has 0 aliphatic rings. The van der Waals surface area contributed by atoms with Crippen molar-refractivity contribution in [2.75, 3.05) is 20.3 Å². The minimum atomic E-state index is -0.789. The van der Waals surface area contributed by atoms with Crippen LogP contribution in [0.25, 0.3) is 0 Å². The lowest BCUT2D eigenvalue weighted by molar-refractivity contribution is 0.0608. The van der Waals surface area contributed by atoms with Crippen LogP contribution in [0.1, 0.15) is 10.5 Å². The first-order valence-corrected chi connectivity index (χ1v) is 4.71. The van der Waals surface area contributed by atoms with Crippen molar-refractivity contribution in [2.24, 2.45) is 0 Å². The van der Waals surface area contributed by atoms with Crippen molar-refractivity contribution in [3.63, 3.8) is 0 Å². The number of nitrogens with one attached hydrogen (secondary N) is 1. The molecule has 0 aromatic carbocycles. The summed E-state index contributed by atoms with van der Waals surface area (Å²) in [5.41, 5.74) is -0.0235. The predicted molar refractivity (Wildman–Crippen MR) is 54.4 cm³/mol. The smallest absolute Gasteiger partial charge is 0.270 e. The molecule has 0 saturated heterocycles. The summed E-state index contributed by atoms with van der Waals surface area (Å²) in [6, 6.07) is 3.93. The Kier molecular flexibility index (Phi) is 4.81. The molecule has 88 valence electrons. The summed E-state index contributed by atoms with van der Waals surface area (Å²) in [4.78, 5) is 14.8. The van der Waals surface area contributed by atoms with Crippen molar-refractivity contribution in [1.82, 2.24) is 10.3 Å². The number of hydrogen-bond donors (Lipinski definition) is 2. The van der Waals surface area contributed by atoms with E-state index < -0.39 is 18.0 Å². The minimum absolute atomic E-state index is 0.0235. The van der Waals surface area contributed by atoms with Gasteiger partial charge in [0.05, 0.1) is 12.7 Å². The molecule has 1 unspecified atom stereocenters. The number of aliphatic hydroxyl groups excluding tert-OH is 1. The average molecular weight is 228 g/mol. The number of carbonyl (C=O) groups excluding carboxylic acids is 1. The summed E-state index contributed by atoms with van der Waals surface area (Å²) in [6.45, 7) is 0.154. The van der Waals surface area contributed by atoms with Gasteiger partial charge in [0.25, 0.3) is 5.91 Å². The molecule has 1 aromatic heterocycles. The molecule has 0 radical (unpaired) electrons. The molecular formula is C10H13FN2O3. The van der Waals surface area contributed by atoms with Crippen molar-refractivity contribution >= 4 is 5.91 Å². The normalized spacial score (nSPS) is 12.2. The Bertz CT molecular complexity index is 360. The number of amides is 1. The summed E-state index contributed by atoms with van der Waals surface area (Å²) in [5.74, 6) is -1.25. The number of pyridine rings is 1. The molecule has 16 heavy (non-hydrogen) atoms. The van der Waals surface area contributed by atoms with Gasteiger partial charge in [-0.2, -0.15) is 4.39 Å². The van der Waals surface area contributed by atoms with Gasteiger partial charge in [0.1, 0.15) is 5.69 Å². The molecule has 0 bridgehead atoms. The Morgan fingerprint density at radius 2 is 2.44 bits per heavy atom. The largest absolute Gasteiger partial charge is 0.389 e. The third-order valence-electron chi connectivity index (χ3n) is 1.81. The highest BCUT2D eigenvalue weighted by Gasteiger charge is 2.10. The van der Waals surface area contributed by atoms with Crippen LogP contribution < -0.4 is 5.32 Å². The van der Waals surface area contributed by atoms with Crippen molar-refractivity contribution in [1.29, 1.82) is 0 Å². The standard InChI is InChI=1S/C10H13FN2O3/c1-16-6-7(14)5-12-10(15)8-3-2-4-9(11)13-8/h2-4,7,14H,5-6H2,1H3,(H,12,15). The molecule has 2 N–H and O–H groups in total. The van der Waals surface area contributed by atoms with Crippen molar-refractivity contribution < 1.29 is 19.0 Å². The molecule has 0 aliphatic carbocycles. The highest BCUT2D eigenvalue weighted by molar-refractivity contribution is 5.92. The van der Waals surface area contributed by atoms with Crippen LogP contribution in [-0.4, -0.2) is 42.4 Å². The maximum absolute atomic E-state index is 12.7. The SMILES string of the molecule is COCC(O)CNC(=O)c1cccc(F)n1. The lowest BCUT2D eigenvalue weighted by atomic mass is 10.3. The summed E-state index contributed by atoms with van der Waals surface area (Å²) in [7, 11) is 1.44. The van der Waals surface area contributed by atoms with E-state index in [1.807, 2.05) is 0 Å². The topological polar surface area (TPSA) is 71.5 Å². The number of hydrogen-bond acceptors (Lipinski definition) is 4. The van der Waals surface area contributed by atoms with Crippen LogP contribution in [0.4, 0.5) is 4.39 Å². The molecule has 1 aromatic rings. The van der Waals surface area contributed by atoms with E-state index in [4.69, 9.17) is 0 Å². The van der Waals surface area contributed by atoms with E-state index in [0.717, 1.165) is 6.07 Å². The number of nitrogens with zero attached hydrogens (tertiary/aromatic N) is 1. The zero-order valence-corrected chi connectivity index (χ0v) is 8.81. The van der Waals surface area contributed by atoms with Gasteiger partial charge in [0, 0.05) is 13.7 Å². The zero-order valence-electron chi connectivity index (χ0n) is 8.81. The Morgan fingerprint density at radius 1 is 1.69 bits per heavy atom. The quantitative estimate of drug-likeness (QED) is 0.693. The molecule has 1 heterocycles. The number of aromatic nitrogens is 1. The third-order valence-corrected chi connectivity index (χ3v) is 1.81. The summed E-state index contributed by atoms with van der Waals surface area (Å²) >= 11 is 0. The third kappa shape index (κ3) is 3.92. The maximum atomic E-state index is 12.7. The van der Waals surface area contributed by atoms with Gasteiger partial charge in [-0.1, -0.05) is 6.07 Å². The first kappa shape index (κ1) is 12.5. The first-order chi connectivity index (χ1) is 7.63. The number of halogens is 1. The maximum Gasteiger partial charge on any atom is 0.270 e. The van der Waals surface area contributed by atoms with Crippen molar-refractivity contribution in [2.45, 2.75) is 6.10 Å².